The third kappa shape index (κ3) is 3.89. The second-order valence-electron chi connectivity index (χ2n) is 4.38. The van der Waals surface area contributed by atoms with E-state index in [1.54, 1.807) is 24.8 Å². The number of pyridine rings is 1. The zero-order valence-corrected chi connectivity index (χ0v) is 11.3. The van der Waals surface area contributed by atoms with Crippen molar-refractivity contribution in [3.8, 4) is 0 Å². The molecule has 0 saturated heterocycles. The van der Waals surface area contributed by atoms with Gasteiger partial charge in [-0.05, 0) is 33.1 Å². The summed E-state index contributed by atoms with van der Waals surface area (Å²) < 4.78 is 0.108. The molecule has 17 heavy (non-hydrogen) atoms. The van der Waals surface area contributed by atoms with Crippen molar-refractivity contribution in [1.29, 1.82) is 0 Å². The first kappa shape index (κ1) is 13.8. The fourth-order valence-electron chi connectivity index (χ4n) is 1.22. The minimum absolute atomic E-state index is 0.0553. The molecule has 1 aromatic heterocycles. The lowest BCUT2D eigenvalue weighted by molar-refractivity contribution is -0.385. The van der Waals surface area contributed by atoms with Crippen molar-refractivity contribution >= 4 is 23.3 Å². The van der Waals surface area contributed by atoms with Crippen LogP contribution in [-0.4, -0.2) is 27.5 Å². The van der Waals surface area contributed by atoms with Gasteiger partial charge in [0.25, 0.3) is 5.69 Å². The Hall–Kier alpha value is -1.30. The summed E-state index contributed by atoms with van der Waals surface area (Å²) in [6, 6.07) is 3.12. The largest absolute Gasteiger partial charge is 0.369 e. The summed E-state index contributed by atoms with van der Waals surface area (Å²) in [7, 11) is 0. The molecule has 0 unspecified atom stereocenters. The van der Waals surface area contributed by atoms with E-state index < -0.39 is 4.92 Å². The lowest BCUT2D eigenvalue weighted by Crippen LogP contribution is -2.26. The van der Waals surface area contributed by atoms with Crippen LogP contribution in [0.2, 0.25) is 0 Å². The Morgan fingerprint density at radius 3 is 2.65 bits per heavy atom. The van der Waals surface area contributed by atoms with Gasteiger partial charge in [0.05, 0.1) is 4.92 Å². The van der Waals surface area contributed by atoms with Crippen molar-refractivity contribution in [3.63, 3.8) is 0 Å². The third-order valence-corrected chi connectivity index (χ3v) is 3.75. The molecule has 0 aliphatic heterocycles. The first-order valence-electron chi connectivity index (χ1n) is 5.27. The molecule has 0 amide bonds. The molecule has 6 heteroatoms. The summed E-state index contributed by atoms with van der Waals surface area (Å²) >= 11 is 1.76. The Morgan fingerprint density at radius 1 is 1.53 bits per heavy atom. The molecule has 1 rings (SSSR count). The molecule has 94 valence electrons. The van der Waals surface area contributed by atoms with Gasteiger partial charge in [0.1, 0.15) is 11.5 Å². The van der Waals surface area contributed by atoms with Crippen LogP contribution in [0.4, 0.5) is 11.5 Å². The average molecular weight is 255 g/mol. The van der Waals surface area contributed by atoms with E-state index in [0.717, 1.165) is 6.54 Å². The molecule has 0 atom stereocenters. The minimum Gasteiger partial charge on any atom is -0.369 e. The van der Waals surface area contributed by atoms with E-state index in [2.05, 4.69) is 30.4 Å². The number of hydrogen-bond donors (Lipinski definition) is 1. The van der Waals surface area contributed by atoms with E-state index >= 15 is 0 Å². The Bertz CT molecular complexity index is 421. The van der Waals surface area contributed by atoms with Gasteiger partial charge in [0.2, 0.25) is 0 Å². The zero-order valence-electron chi connectivity index (χ0n) is 10.5. The highest BCUT2D eigenvalue weighted by Crippen LogP contribution is 2.22. The monoisotopic (exact) mass is 255 g/mol. The second kappa shape index (κ2) is 5.35. The average Bonchev–Trinajstić information content (AvgIpc) is 2.26. The molecule has 5 nitrogen and oxygen atoms in total. The highest BCUT2D eigenvalue weighted by molar-refractivity contribution is 7.99. The maximum absolute atomic E-state index is 10.6. The molecule has 0 bridgehead atoms. The Balaban J connectivity index is 2.75. The number of aromatic nitrogens is 1. The van der Waals surface area contributed by atoms with Gasteiger partial charge in [-0.25, -0.2) is 4.98 Å². The number of aryl methyl sites for hydroxylation is 1. The minimum atomic E-state index is -0.419. The van der Waals surface area contributed by atoms with Gasteiger partial charge in [-0.1, -0.05) is 0 Å². The van der Waals surface area contributed by atoms with Crippen LogP contribution in [0, 0.1) is 17.0 Å². The van der Waals surface area contributed by atoms with Crippen LogP contribution >= 0.6 is 11.8 Å². The molecule has 1 aromatic rings. The van der Waals surface area contributed by atoms with Gasteiger partial charge in [-0.15, -0.1) is 0 Å². The quantitative estimate of drug-likeness (QED) is 0.647. The summed E-state index contributed by atoms with van der Waals surface area (Å²) in [4.78, 5) is 14.4. The number of nitrogens with one attached hydrogen (secondary N) is 1. The van der Waals surface area contributed by atoms with Crippen LogP contribution in [0.1, 0.15) is 19.5 Å². The molecule has 0 aliphatic rings. The van der Waals surface area contributed by atoms with Gasteiger partial charge in [-0.3, -0.25) is 10.1 Å². The van der Waals surface area contributed by atoms with Crippen molar-refractivity contribution in [2.45, 2.75) is 25.5 Å². The fourth-order valence-corrected chi connectivity index (χ4v) is 1.44. The van der Waals surface area contributed by atoms with E-state index in [4.69, 9.17) is 0 Å². The fraction of sp³-hybridized carbons (Fsp3) is 0.545. The number of hydrogen-bond acceptors (Lipinski definition) is 5. The van der Waals surface area contributed by atoms with Crippen LogP contribution in [0.5, 0.6) is 0 Å². The highest BCUT2D eigenvalue weighted by atomic mass is 32.2. The molecule has 0 spiro atoms. The van der Waals surface area contributed by atoms with Crippen LogP contribution < -0.4 is 5.32 Å². The van der Waals surface area contributed by atoms with Crippen molar-refractivity contribution in [1.82, 2.24) is 4.98 Å². The number of thioether (sulfide) groups is 1. The maximum atomic E-state index is 10.6. The molecule has 0 radical (unpaired) electrons. The lowest BCUT2D eigenvalue weighted by Gasteiger charge is -2.22. The SMILES string of the molecule is CSC(C)(C)CNc1ccc([N+](=O)[O-])c(C)n1. The predicted molar refractivity (Wildman–Crippen MR) is 71.7 cm³/mol. The van der Waals surface area contributed by atoms with Crippen molar-refractivity contribution in [3.05, 3.63) is 27.9 Å². The summed E-state index contributed by atoms with van der Waals surface area (Å²) in [5.74, 6) is 0.676. The van der Waals surface area contributed by atoms with E-state index in [1.165, 1.54) is 6.07 Å². The summed E-state index contributed by atoms with van der Waals surface area (Å²) in [6.07, 6.45) is 2.05. The number of anilines is 1. The van der Waals surface area contributed by atoms with E-state index in [0.29, 0.717) is 11.5 Å². The standard InChI is InChI=1S/C11H17N3O2S/c1-8-9(14(15)16)5-6-10(13-8)12-7-11(2,3)17-4/h5-6H,7H2,1-4H3,(H,12,13). The molecule has 0 fully saturated rings. The number of nitro groups is 1. The lowest BCUT2D eigenvalue weighted by atomic mass is 10.2. The van der Waals surface area contributed by atoms with Crippen LogP contribution in [0.3, 0.4) is 0 Å². The number of nitrogens with zero attached hydrogens (tertiary/aromatic N) is 2. The molecule has 1 heterocycles. The first-order valence-corrected chi connectivity index (χ1v) is 6.49. The van der Waals surface area contributed by atoms with E-state index in [1.807, 2.05) is 0 Å². The van der Waals surface area contributed by atoms with Crippen molar-refractivity contribution in [2.24, 2.45) is 0 Å². The molecular weight excluding hydrogens is 238 g/mol. The second-order valence-corrected chi connectivity index (χ2v) is 5.89. The topological polar surface area (TPSA) is 68.1 Å². The Kier molecular flexibility index (Phi) is 4.34. The van der Waals surface area contributed by atoms with Gasteiger partial charge in [0, 0.05) is 17.4 Å². The van der Waals surface area contributed by atoms with Crippen LogP contribution in [0.15, 0.2) is 12.1 Å². The van der Waals surface area contributed by atoms with Crippen molar-refractivity contribution in [2.75, 3.05) is 18.1 Å². The zero-order chi connectivity index (χ0) is 13.1. The highest BCUT2D eigenvalue weighted by Gasteiger charge is 2.16. The maximum Gasteiger partial charge on any atom is 0.290 e. The van der Waals surface area contributed by atoms with Gasteiger partial charge < -0.3 is 5.32 Å². The molecule has 0 aliphatic carbocycles. The van der Waals surface area contributed by atoms with Gasteiger partial charge in [-0.2, -0.15) is 11.8 Å². The van der Waals surface area contributed by atoms with E-state index in [9.17, 15) is 10.1 Å². The Labute approximate surface area is 105 Å². The smallest absolute Gasteiger partial charge is 0.290 e. The first-order chi connectivity index (χ1) is 7.85. The normalized spacial score (nSPS) is 11.3. The predicted octanol–water partition coefficient (Wildman–Crippen LogP) is 2.85. The van der Waals surface area contributed by atoms with E-state index in [-0.39, 0.29) is 10.4 Å². The van der Waals surface area contributed by atoms with Crippen LogP contribution in [0.25, 0.3) is 0 Å². The Morgan fingerprint density at radius 2 is 2.18 bits per heavy atom. The van der Waals surface area contributed by atoms with Gasteiger partial charge >= 0.3 is 0 Å². The molecule has 0 aromatic carbocycles. The molecule has 0 saturated carbocycles. The molecular formula is C11H17N3O2S. The number of rotatable bonds is 5. The summed E-state index contributed by atoms with van der Waals surface area (Å²) in [5.41, 5.74) is 0.488. The summed E-state index contributed by atoms with van der Waals surface area (Å²) in [5, 5.41) is 13.8. The third-order valence-electron chi connectivity index (χ3n) is 2.50. The molecule has 1 N–H and O–H groups in total. The summed E-state index contributed by atoms with van der Waals surface area (Å²) in [6.45, 7) is 6.66. The van der Waals surface area contributed by atoms with Crippen molar-refractivity contribution < 1.29 is 4.92 Å². The van der Waals surface area contributed by atoms with Crippen LogP contribution in [-0.2, 0) is 0 Å². The van der Waals surface area contributed by atoms with Gasteiger partial charge in [0.15, 0.2) is 0 Å².